The van der Waals surface area contributed by atoms with Crippen molar-refractivity contribution in [3.05, 3.63) is 60.2 Å². The molecule has 2 aliphatic rings. The summed E-state index contributed by atoms with van der Waals surface area (Å²) in [6.45, 7) is 6.27. The Kier molecular flexibility index (Phi) is 5.86. The molecule has 0 unspecified atom stereocenters. The Morgan fingerprint density at radius 3 is 2.62 bits per heavy atom. The lowest BCUT2D eigenvalue weighted by Gasteiger charge is -2.33. The Morgan fingerprint density at radius 2 is 1.82 bits per heavy atom. The lowest BCUT2D eigenvalue weighted by Crippen LogP contribution is -2.40. The molecule has 0 amide bonds. The van der Waals surface area contributed by atoms with Crippen molar-refractivity contribution in [1.82, 2.24) is 29.3 Å². The van der Waals surface area contributed by atoms with E-state index in [0.29, 0.717) is 25.6 Å². The number of carbonyl (C=O) groups is 1. The van der Waals surface area contributed by atoms with Crippen molar-refractivity contribution in [3.8, 4) is 0 Å². The molecule has 4 aromatic rings. The molecule has 3 aromatic heterocycles. The third-order valence-corrected chi connectivity index (χ3v) is 7.13. The van der Waals surface area contributed by atoms with Crippen LogP contribution >= 0.6 is 0 Å². The van der Waals surface area contributed by atoms with Crippen molar-refractivity contribution in [1.29, 1.82) is 0 Å². The Morgan fingerprint density at radius 1 is 1.03 bits per heavy atom. The van der Waals surface area contributed by atoms with Gasteiger partial charge < -0.3 is 14.3 Å². The molecule has 0 radical (unpaired) electrons. The van der Waals surface area contributed by atoms with Crippen molar-refractivity contribution in [2.75, 3.05) is 45.9 Å². The average Bonchev–Trinajstić information content (AvgIpc) is 3.50. The van der Waals surface area contributed by atoms with Gasteiger partial charge in [0.05, 0.1) is 31.5 Å². The maximum atomic E-state index is 13.5. The summed E-state index contributed by atoms with van der Waals surface area (Å²) in [6, 6.07) is 12.9. The fourth-order valence-electron chi connectivity index (χ4n) is 5.35. The fourth-order valence-corrected chi connectivity index (χ4v) is 5.35. The van der Waals surface area contributed by atoms with Crippen molar-refractivity contribution in [2.45, 2.75) is 25.4 Å². The van der Waals surface area contributed by atoms with Crippen LogP contribution in [0.2, 0.25) is 0 Å². The van der Waals surface area contributed by atoms with E-state index >= 15 is 0 Å². The van der Waals surface area contributed by atoms with E-state index in [1.807, 2.05) is 12.3 Å². The molecule has 6 rings (SSSR count). The number of H-pyrrole nitrogens is 1. The first-order valence-electron chi connectivity index (χ1n) is 12.2. The Balaban J connectivity index is 1.30. The largest absolute Gasteiger partial charge is 0.379 e. The van der Waals surface area contributed by atoms with Gasteiger partial charge in [0, 0.05) is 50.3 Å². The number of fused-ring (bicyclic) bond motifs is 3. The van der Waals surface area contributed by atoms with Gasteiger partial charge in [0.2, 0.25) is 5.78 Å². The smallest absolute Gasteiger partial charge is 0.212 e. The third-order valence-electron chi connectivity index (χ3n) is 7.13. The summed E-state index contributed by atoms with van der Waals surface area (Å²) >= 11 is 0. The van der Waals surface area contributed by atoms with E-state index in [2.05, 4.69) is 54.7 Å². The molecule has 0 spiro atoms. The Bertz CT molecular complexity index is 1280. The number of hydrogen-bond donors (Lipinski definition) is 1. The molecule has 5 heterocycles. The van der Waals surface area contributed by atoms with Gasteiger partial charge in [-0.1, -0.05) is 30.3 Å². The van der Waals surface area contributed by atoms with Crippen molar-refractivity contribution >= 4 is 27.9 Å². The quantitative estimate of drug-likeness (QED) is 0.447. The highest BCUT2D eigenvalue weighted by atomic mass is 16.5. The second-order valence-electron chi connectivity index (χ2n) is 9.34. The highest BCUT2D eigenvalue weighted by Gasteiger charge is 2.29. The number of imidazole rings is 1. The zero-order valence-electron chi connectivity index (χ0n) is 19.3. The summed E-state index contributed by atoms with van der Waals surface area (Å²) in [4.78, 5) is 30.8. The van der Waals surface area contributed by atoms with Crippen LogP contribution in [0.25, 0.3) is 22.1 Å². The highest BCUT2D eigenvalue weighted by molar-refractivity contribution is 6.05. The summed E-state index contributed by atoms with van der Waals surface area (Å²) in [6.07, 6.45) is 5.68. The highest BCUT2D eigenvalue weighted by Crippen LogP contribution is 2.33. The van der Waals surface area contributed by atoms with Gasteiger partial charge in [0.15, 0.2) is 5.82 Å². The molecule has 34 heavy (non-hydrogen) atoms. The van der Waals surface area contributed by atoms with E-state index < -0.39 is 0 Å². The first-order chi connectivity index (χ1) is 16.8. The lowest BCUT2D eigenvalue weighted by atomic mass is 10.0. The van der Waals surface area contributed by atoms with Gasteiger partial charge in [-0.2, -0.15) is 0 Å². The number of aromatic nitrogens is 4. The average molecular weight is 459 g/mol. The number of benzene rings is 1. The molecular weight excluding hydrogens is 428 g/mol. The number of piperidine rings is 1. The van der Waals surface area contributed by atoms with Crippen molar-refractivity contribution in [3.63, 3.8) is 0 Å². The van der Waals surface area contributed by atoms with E-state index in [0.717, 1.165) is 67.6 Å². The number of carbonyl (C=O) groups excluding carboxylic acids is 1. The second kappa shape index (κ2) is 9.29. The van der Waals surface area contributed by atoms with Crippen LogP contribution in [0.4, 0.5) is 0 Å². The summed E-state index contributed by atoms with van der Waals surface area (Å²) in [5, 5.41) is 1.03. The zero-order valence-corrected chi connectivity index (χ0v) is 19.3. The van der Waals surface area contributed by atoms with E-state index in [4.69, 9.17) is 9.72 Å². The maximum absolute atomic E-state index is 13.5. The van der Waals surface area contributed by atoms with Crippen LogP contribution < -0.4 is 0 Å². The number of ether oxygens (including phenoxy) is 1. The van der Waals surface area contributed by atoms with E-state index in [-0.39, 0.29) is 11.8 Å². The Hall–Kier alpha value is -3.07. The second-order valence-corrected chi connectivity index (χ2v) is 9.34. The predicted octanol–water partition coefficient (Wildman–Crippen LogP) is 3.26. The van der Waals surface area contributed by atoms with Gasteiger partial charge in [0.1, 0.15) is 11.2 Å². The summed E-state index contributed by atoms with van der Waals surface area (Å²) in [5.41, 5.74) is 4.00. The normalized spacial score (nSPS) is 18.7. The first kappa shape index (κ1) is 21.5. The molecule has 2 aliphatic heterocycles. The lowest BCUT2D eigenvalue weighted by molar-refractivity contribution is 0.0367. The minimum absolute atomic E-state index is 0.0773. The molecule has 0 atom stereocenters. The van der Waals surface area contributed by atoms with Gasteiger partial charge in [-0.05, 0) is 24.5 Å². The SMILES string of the molecule is O=C(CN1CCOCC1)c1nc2cnc3[nH]ccc3c2n1C1CCN(Cc2ccccc2)CC1. The minimum atomic E-state index is 0.0773. The molecular formula is C26H30N6O2. The van der Waals surface area contributed by atoms with Gasteiger partial charge in [-0.3, -0.25) is 14.6 Å². The van der Waals surface area contributed by atoms with Gasteiger partial charge in [-0.15, -0.1) is 0 Å². The van der Waals surface area contributed by atoms with Gasteiger partial charge >= 0.3 is 0 Å². The Labute approximate surface area is 198 Å². The predicted molar refractivity (Wildman–Crippen MR) is 131 cm³/mol. The number of nitrogens with one attached hydrogen (secondary N) is 1. The zero-order chi connectivity index (χ0) is 22.9. The summed E-state index contributed by atoms with van der Waals surface area (Å²) in [5.74, 6) is 0.645. The fraction of sp³-hybridized carbons (Fsp3) is 0.423. The standard InChI is InChI=1S/C26H30N6O2/c33-23(18-31-12-14-34-15-13-31)26-29-22-16-28-25-21(6-9-27-25)24(22)32(26)20-7-10-30(11-8-20)17-19-4-2-1-3-5-19/h1-6,9,16,20H,7-8,10-15,17-18H2,(H,27,28). The number of ketones is 1. The van der Waals surface area contributed by atoms with Crippen LogP contribution in [0, 0.1) is 0 Å². The molecule has 176 valence electrons. The summed E-state index contributed by atoms with van der Waals surface area (Å²) in [7, 11) is 0. The number of morpholine rings is 1. The number of aromatic amines is 1. The van der Waals surface area contributed by atoms with Crippen LogP contribution in [0.3, 0.4) is 0 Å². The van der Waals surface area contributed by atoms with Crippen LogP contribution in [0.5, 0.6) is 0 Å². The van der Waals surface area contributed by atoms with Gasteiger partial charge in [0.25, 0.3) is 0 Å². The molecule has 2 fully saturated rings. The minimum Gasteiger partial charge on any atom is -0.379 e. The number of likely N-dealkylation sites (tertiary alicyclic amines) is 1. The molecule has 0 aliphatic carbocycles. The van der Waals surface area contributed by atoms with E-state index in [1.54, 1.807) is 6.20 Å². The molecule has 8 nitrogen and oxygen atoms in total. The number of hydrogen-bond acceptors (Lipinski definition) is 6. The van der Waals surface area contributed by atoms with Crippen LogP contribution in [-0.2, 0) is 11.3 Å². The van der Waals surface area contributed by atoms with E-state index in [9.17, 15) is 4.79 Å². The molecule has 1 N–H and O–H groups in total. The van der Waals surface area contributed by atoms with Crippen molar-refractivity contribution in [2.24, 2.45) is 0 Å². The summed E-state index contributed by atoms with van der Waals surface area (Å²) < 4.78 is 7.69. The van der Waals surface area contributed by atoms with Gasteiger partial charge in [-0.25, -0.2) is 9.97 Å². The molecule has 0 saturated carbocycles. The number of Topliss-reactive ketones (excluding diaryl/α,β-unsaturated/α-hetero) is 1. The number of nitrogens with zero attached hydrogens (tertiary/aromatic N) is 5. The molecule has 8 heteroatoms. The van der Waals surface area contributed by atoms with Crippen LogP contribution in [-0.4, -0.2) is 81.0 Å². The first-order valence-corrected chi connectivity index (χ1v) is 12.2. The van der Waals surface area contributed by atoms with Crippen LogP contribution in [0.15, 0.2) is 48.8 Å². The van der Waals surface area contributed by atoms with Crippen LogP contribution in [0.1, 0.15) is 35.1 Å². The topological polar surface area (TPSA) is 79.3 Å². The number of pyridine rings is 1. The molecule has 2 saturated heterocycles. The molecule has 1 aromatic carbocycles. The van der Waals surface area contributed by atoms with Crippen molar-refractivity contribution < 1.29 is 9.53 Å². The third kappa shape index (κ3) is 4.13. The number of rotatable bonds is 6. The van der Waals surface area contributed by atoms with E-state index in [1.165, 1.54) is 5.56 Å². The maximum Gasteiger partial charge on any atom is 0.212 e. The molecule has 0 bridgehead atoms. The monoisotopic (exact) mass is 458 g/mol.